The number of anilines is 1. The number of rotatable bonds is 5. The number of hydrogen-bond donors (Lipinski definition) is 2. The number of nitrogens with one attached hydrogen (secondary N) is 2. The number of carbonyl (C=O) groups excluding carboxylic acids is 1. The minimum atomic E-state index is -4.59. The van der Waals surface area contributed by atoms with Gasteiger partial charge in [0.1, 0.15) is 5.75 Å². The van der Waals surface area contributed by atoms with Crippen molar-refractivity contribution >= 4 is 11.7 Å². The molecular formula is C16H17F3N2O2. The first-order chi connectivity index (χ1) is 10.6. The van der Waals surface area contributed by atoms with Gasteiger partial charge < -0.3 is 15.4 Å². The zero-order valence-electron chi connectivity index (χ0n) is 12.8. The lowest BCUT2D eigenvalue weighted by Gasteiger charge is -2.14. The van der Waals surface area contributed by atoms with Gasteiger partial charge in [-0.25, -0.2) is 4.79 Å². The van der Waals surface area contributed by atoms with Crippen molar-refractivity contribution in [3.8, 4) is 5.75 Å². The zero-order valence-corrected chi connectivity index (χ0v) is 12.8. The van der Waals surface area contributed by atoms with Crippen LogP contribution in [0.4, 0.5) is 23.7 Å². The predicted molar refractivity (Wildman–Crippen MR) is 83.2 cm³/mol. The van der Waals surface area contributed by atoms with Crippen molar-refractivity contribution in [1.82, 2.24) is 5.32 Å². The molecule has 0 atom stereocenters. The van der Waals surface area contributed by atoms with Crippen LogP contribution in [-0.4, -0.2) is 13.1 Å². The molecule has 124 valence electrons. The summed E-state index contributed by atoms with van der Waals surface area (Å²) in [5, 5.41) is 4.69. The summed E-state index contributed by atoms with van der Waals surface area (Å²) in [6.07, 6.45) is -1.43. The number of benzene rings is 1. The summed E-state index contributed by atoms with van der Waals surface area (Å²) >= 11 is 0. The Kier molecular flexibility index (Phi) is 6.01. The number of halogens is 3. The normalized spacial score (nSPS) is 11.2. The molecule has 0 aliphatic carbocycles. The van der Waals surface area contributed by atoms with Crippen LogP contribution in [0.2, 0.25) is 0 Å². The summed E-state index contributed by atoms with van der Waals surface area (Å²) in [6, 6.07) is 2.53. The summed E-state index contributed by atoms with van der Waals surface area (Å²) in [5.74, 6) is -0.322. The van der Waals surface area contributed by atoms with Crippen LogP contribution in [0.5, 0.6) is 5.75 Å². The van der Waals surface area contributed by atoms with Crippen molar-refractivity contribution in [2.45, 2.75) is 13.1 Å². The van der Waals surface area contributed by atoms with Crippen LogP contribution in [0, 0.1) is 0 Å². The highest BCUT2D eigenvalue weighted by Crippen LogP contribution is 2.37. The zero-order chi connectivity index (χ0) is 17.6. The van der Waals surface area contributed by atoms with Gasteiger partial charge in [0.15, 0.2) is 0 Å². The van der Waals surface area contributed by atoms with Gasteiger partial charge in [-0.2, -0.15) is 13.2 Å². The van der Waals surface area contributed by atoms with E-state index >= 15 is 0 Å². The molecule has 0 unspecified atom stereocenters. The molecule has 7 heteroatoms. The first-order valence-corrected chi connectivity index (χ1v) is 6.49. The summed E-state index contributed by atoms with van der Waals surface area (Å²) < 4.78 is 43.4. The number of hydrogen-bond acceptors (Lipinski definition) is 2. The molecule has 1 rings (SSSR count). The molecule has 0 aromatic heterocycles. The monoisotopic (exact) mass is 326 g/mol. The van der Waals surface area contributed by atoms with E-state index in [2.05, 4.69) is 28.5 Å². The van der Waals surface area contributed by atoms with E-state index in [1.54, 1.807) is 13.0 Å². The van der Waals surface area contributed by atoms with E-state index in [1.165, 1.54) is 12.1 Å². The topological polar surface area (TPSA) is 50.4 Å². The lowest BCUT2D eigenvalue weighted by atomic mass is 10.1. The Balaban J connectivity index is 2.83. The Morgan fingerprint density at radius 1 is 1.26 bits per heavy atom. The van der Waals surface area contributed by atoms with Gasteiger partial charge in [0.05, 0.1) is 12.7 Å². The fourth-order valence-electron chi connectivity index (χ4n) is 1.60. The van der Waals surface area contributed by atoms with Crippen LogP contribution >= 0.6 is 0 Å². The molecule has 2 amide bonds. The summed E-state index contributed by atoms with van der Waals surface area (Å²) in [5.41, 5.74) is 0.0412. The maximum absolute atomic E-state index is 12.9. The van der Waals surface area contributed by atoms with Crippen LogP contribution in [0.15, 0.2) is 54.8 Å². The third-order valence-corrected chi connectivity index (χ3v) is 2.61. The molecule has 23 heavy (non-hydrogen) atoms. The maximum Gasteiger partial charge on any atom is 0.420 e. The molecular weight excluding hydrogens is 309 g/mol. The number of urea groups is 1. The Bertz CT molecular complexity index is 649. The van der Waals surface area contributed by atoms with Gasteiger partial charge in [-0.05, 0) is 31.2 Å². The Morgan fingerprint density at radius 2 is 1.91 bits per heavy atom. The highest BCUT2D eigenvalue weighted by atomic mass is 19.4. The molecule has 0 saturated carbocycles. The molecule has 0 bridgehead atoms. The molecule has 0 saturated heterocycles. The van der Waals surface area contributed by atoms with Crippen LogP contribution in [0.1, 0.15) is 12.5 Å². The van der Waals surface area contributed by atoms with Crippen molar-refractivity contribution in [2.24, 2.45) is 0 Å². The fourth-order valence-corrected chi connectivity index (χ4v) is 1.60. The molecule has 0 fully saturated rings. The fraction of sp³-hybridized carbons (Fsp3) is 0.188. The number of alkyl halides is 3. The first kappa shape index (κ1) is 18.3. The van der Waals surface area contributed by atoms with Gasteiger partial charge in [-0.3, -0.25) is 0 Å². The van der Waals surface area contributed by atoms with E-state index < -0.39 is 17.8 Å². The smallest absolute Gasteiger partial charge is 0.420 e. The number of carbonyl (C=O) groups is 1. The van der Waals surface area contributed by atoms with Crippen molar-refractivity contribution in [1.29, 1.82) is 0 Å². The average molecular weight is 326 g/mol. The molecule has 0 aliphatic rings. The third kappa shape index (κ3) is 5.90. The van der Waals surface area contributed by atoms with Crippen molar-refractivity contribution in [3.63, 3.8) is 0 Å². The van der Waals surface area contributed by atoms with Gasteiger partial charge in [-0.1, -0.05) is 24.8 Å². The lowest BCUT2D eigenvalue weighted by molar-refractivity contribution is -0.138. The van der Waals surface area contributed by atoms with Gasteiger partial charge in [0, 0.05) is 11.4 Å². The van der Waals surface area contributed by atoms with Gasteiger partial charge >= 0.3 is 12.2 Å². The minimum absolute atomic E-state index is 0.0210. The molecule has 1 aromatic carbocycles. The van der Waals surface area contributed by atoms with Crippen molar-refractivity contribution in [3.05, 3.63) is 60.3 Å². The second-order valence-electron chi connectivity index (χ2n) is 4.70. The summed E-state index contributed by atoms with van der Waals surface area (Å²) in [6.45, 7) is 9.00. The van der Waals surface area contributed by atoms with E-state index in [0.29, 0.717) is 0 Å². The number of amides is 2. The molecule has 1 aromatic rings. The number of allylic oxidation sites excluding steroid dienone is 3. The molecule has 0 spiro atoms. The van der Waals surface area contributed by atoms with Crippen LogP contribution in [0.25, 0.3) is 0 Å². The van der Waals surface area contributed by atoms with Crippen molar-refractivity contribution < 1.29 is 22.7 Å². The Labute approximate surface area is 132 Å². The highest BCUT2D eigenvalue weighted by Gasteiger charge is 2.34. The second kappa shape index (κ2) is 7.53. The molecule has 0 aliphatic heterocycles. The minimum Gasteiger partial charge on any atom is -0.496 e. The van der Waals surface area contributed by atoms with E-state index in [-0.39, 0.29) is 17.1 Å². The van der Waals surface area contributed by atoms with E-state index in [1.807, 2.05) is 0 Å². The lowest BCUT2D eigenvalue weighted by Crippen LogP contribution is -2.27. The first-order valence-electron chi connectivity index (χ1n) is 6.49. The average Bonchev–Trinajstić information content (AvgIpc) is 2.44. The molecule has 2 N–H and O–H groups in total. The molecule has 4 nitrogen and oxygen atoms in total. The number of ether oxygens (including phenoxy) is 1. The Morgan fingerprint density at radius 3 is 2.43 bits per heavy atom. The van der Waals surface area contributed by atoms with Crippen LogP contribution in [-0.2, 0) is 6.18 Å². The van der Waals surface area contributed by atoms with Gasteiger partial charge in [0.2, 0.25) is 0 Å². The quantitative estimate of drug-likeness (QED) is 0.784. The maximum atomic E-state index is 12.9. The standard InChI is InChI=1S/C16H17F3N2O2/c1-10(2)5-6-11(3)20-15(22)21-12-7-8-14(23-4)13(9-12)16(17,18)19/h5-9H,1,3H2,2,4H3,(H2,20,21,22)/b6-5-. The SMILES string of the molecule is C=C(C)/C=C\C(=C)NC(=O)Nc1ccc(OC)c(C(F)(F)F)c1. The third-order valence-electron chi connectivity index (χ3n) is 2.61. The van der Waals surface area contributed by atoms with E-state index in [4.69, 9.17) is 0 Å². The van der Waals surface area contributed by atoms with Gasteiger partial charge in [-0.15, -0.1) is 0 Å². The van der Waals surface area contributed by atoms with Crippen LogP contribution in [0.3, 0.4) is 0 Å². The Hall–Kier alpha value is -2.70. The summed E-state index contributed by atoms with van der Waals surface area (Å²) in [7, 11) is 1.14. The van der Waals surface area contributed by atoms with E-state index in [9.17, 15) is 18.0 Å². The summed E-state index contributed by atoms with van der Waals surface area (Å²) in [4.78, 5) is 11.7. The second-order valence-corrected chi connectivity index (χ2v) is 4.70. The van der Waals surface area contributed by atoms with E-state index in [0.717, 1.165) is 24.8 Å². The largest absolute Gasteiger partial charge is 0.496 e. The molecule has 0 heterocycles. The van der Waals surface area contributed by atoms with Crippen LogP contribution < -0.4 is 15.4 Å². The van der Waals surface area contributed by atoms with Gasteiger partial charge in [0.25, 0.3) is 0 Å². The predicted octanol–water partition coefficient (Wildman–Crippen LogP) is 4.48. The van der Waals surface area contributed by atoms with Crippen molar-refractivity contribution in [2.75, 3.05) is 12.4 Å². The highest BCUT2D eigenvalue weighted by molar-refractivity contribution is 5.90. The number of methoxy groups -OCH3 is 1. The molecule has 0 radical (unpaired) electrons.